The summed E-state index contributed by atoms with van der Waals surface area (Å²) in [5.41, 5.74) is 1.79. The Morgan fingerprint density at radius 3 is 2.35 bits per heavy atom. The van der Waals surface area contributed by atoms with Crippen LogP contribution in [-0.4, -0.2) is 77.7 Å². The predicted octanol–water partition coefficient (Wildman–Crippen LogP) is 3.23. The molecule has 182 valence electrons. The van der Waals surface area contributed by atoms with Gasteiger partial charge in [0, 0.05) is 43.7 Å². The standard InChI is InChI=1S/C26H35N5O3/c1-19(2)31(26(33)21-6-4-7-21)18-25(32)30-15-5-14-29(16-17-30)24-13-12-23(27-28-24)20-8-10-22(34-3)11-9-20/h8-13,19,21H,4-7,14-18H2,1-3H3. The SMILES string of the molecule is COc1ccc(-c2ccc(N3CCCN(C(=O)CN(C(=O)C4CCC4)C(C)C)CC3)nn2)cc1. The maximum atomic E-state index is 13.1. The number of hydrogen-bond donors (Lipinski definition) is 0. The number of amides is 2. The van der Waals surface area contributed by atoms with Crippen molar-refractivity contribution in [2.45, 2.75) is 45.6 Å². The summed E-state index contributed by atoms with van der Waals surface area (Å²) in [5.74, 6) is 1.90. The largest absolute Gasteiger partial charge is 0.497 e. The number of benzene rings is 1. The highest BCUT2D eigenvalue weighted by Gasteiger charge is 2.32. The van der Waals surface area contributed by atoms with E-state index in [-0.39, 0.29) is 30.3 Å². The molecule has 34 heavy (non-hydrogen) atoms. The van der Waals surface area contributed by atoms with Crippen molar-refractivity contribution in [1.29, 1.82) is 0 Å². The minimum absolute atomic E-state index is 0.0278. The minimum atomic E-state index is 0.0278. The molecule has 2 aromatic rings. The molecule has 0 bridgehead atoms. The van der Waals surface area contributed by atoms with Crippen LogP contribution in [0.4, 0.5) is 5.82 Å². The maximum Gasteiger partial charge on any atom is 0.242 e. The van der Waals surface area contributed by atoms with Crippen molar-refractivity contribution in [1.82, 2.24) is 20.0 Å². The van der Waals surface area contributed by atoms with Gasteiger partial charge in [0.05, 0.1) is 19.3 Å². The molecule has 8 nitrogen and oxygen atoms in total. The average Bonchev–Trinajstić information content (AvgIpc) is 3.08. The lowest BCUT2D eigenvalue weighted by atomic mass is 9.84. The van der Waals surface area contributed by atoms with Crippen molar-refractivity contribution in [2.75, 3.05) is 44.7 Å². The zero-order valence-electron chi connectivity index (χ0n) is 20.4. The van der Waals surface area contributed by atoms with E-state index in [4.69, 9.17) is 4.74 Å². The Bertz CT molecular complexity index is 973. The van der Waals surface area contributed by atoms with Crippen LogP contribution in [-0.2, 0) is 9.59 Å². The number of aromatic nitrogens is 2. The molecule has 2 heterocycles. The second-order valence-corrected chi connectivity index (χ2v) is 9.41. The van der Waals surface area contributed by atoms with Gasteiger partial charge in [-0.05, 0) is 69.5 Å². The summed E-state index contributed by atoms with van der Waals surface area (Å²) < 4.78 is 5.21. The fraction of sp³-hybridized carbons (Fsp3) is 0.538. The lowest BCUT2D eigenvalue weighted by Crippen LogP contribution is -2.49. The first-order valence-electron chi connectivity index (χ1n) is 12.3. The number of rotatable bonds is 7. The van der Waals surface area contributed by atoms with Gasteiger partial charge in [0.1, 0.15) is 5.75 Å². The highest BCUT2D eigenvalue weighted by molar-refractivity contribution is 5.86. The van der Waals surface area contributed by atoms with Gasteiger partial charge in [-0.15, -0.1) is 10.2 Å². The molecule has 1 aromatic heterocycles. The van der Waals surface area contributed by atoms with Crippen molar-refractivity contribution < 1.29 is 14.3 Å². The molecule has 0 radical (unpaired) electrons. The van der Waals surface area contributed by atoms with Gasteiger partial charge in [0.2, 0.25) is 11.8 Å². The molecule has 1 saturated heterocycles. The first-order chi connectivity index (χ1) is 16.5. The van der Waals surface area contributed by atoms with Crippen LogP contribution < -0.4 is 9.64 Å². The number of ether oxygens (including phenoxy) is 1. The van der Waals surface area contributed by atoms with Crippen LogP contribution in [0.2, 0.25) is 0 Å². The first kappa shape index (κ1) is 24.0. The number of methoxy groups -OCH3 is 1. The molecule has 1 aliphatic heterocycles. The normalized spacial score (nSPS) is 16.7. The summed E-state index contributed by atoms with van der Waals surface area (Å²) in [4.78, 5) is 31.7. The van der Waals surface area contributed by atoms with E-state index in [1.807, 2.05) is 55.1 Å². The Kier molecular flexibility index (Phi) is 7.65. The maximum absolute atomic E-state index is 13.1. The second-order valence-electron chi connectivity index (χ2n) is 9.41. The van der Waals surface area contributed by atoms with Gasteiger partial charge < -0.3 is 19.4 Å². The van der Waals surface area contributed by atoms with E-state index in [0.717, 1.165) is 55.1 Å². The van der Waals surface area contributed by atoms with Crippen molar-refractivity contribution >= 4 is 17.6 Å². The van der Waals surface area contributed by atoms with Gasteiger partial charge in [-0.2, -0.15) is 0 Å². The quantitative estimate of drug-likeness (QED) is 0.625. The lowest BCUT2D eigenvalue weighted by Gasteiger charge is -2.35. The Labute approximate surface area is 201 Å². The van der Waals surface area contributed by atoms with Crippen LogP contribution in [0.25, 0.3) is 11.3 Å². The Balaban J connectivity index is 1.34. The summed E-state index contributed by atoms with van der Waals surface area (Å²) in [6, 6.07) is 11.7. The van der Waals surface area contributed by atoms with E-state index in [1.165, 1.54) is 0 Å². The van der Waals surface area contributed by atoms with E-state index in [0.29, 0.717) is 19.6 Å². The van der Waals surface area contributed by atoms with Crippen LogP contribution >= 0.6 is 0 Å². The number of carbonyl (C=O) groups is 2. The highest BCUT2D eigenvalue weighted by Crippen LogP contribution is 2.29. The Morgan fingerprint density at radius 1 is 1.00 bits per heavy atom. The fourth-order valence-corrected chi connectivity index (χ4v) is 4.46. The molecule has 2 aliphatic rings. The third kappa shape index (κ3) is 5.48. The summed E-state index contributed by atoms with van der Waals surface area (Å²) in [7, 11) is 1.65. The van der Waals surface area contributed by atoms with Crippen LogP contribution in [0.3, 0.4) is 0 Å². The van der Waals surface area contributed by atoms with Crippen molar-refractivity contribution in [3.8, 4) is 17.0 Å². The van der Waals surface area contributed by atoms with Gasteiger partial charge in [0.15, 0.2) is 5.82 Å². The van der Waals surface area contributed by atoms with Crippen molar-refractivity contribution in [3.05, 3.63) is 36.4 Å². The van der Waals surface area contributed by atoms with Gasteiger partial charge in [-0.1, -0.05) is 6.42 Å². The Hall–Kier alpha value is -3.16. The van der Waals surface area contributed by atoms with Gasteiger partial charge in [-0.25, -0.2) is 0 Å². The summed E-state index contributed by atoms with van der Waals surface area (Å²) >= 11 is 0. The highest BCUT2D eigenvalue weighted by atomic mass is 16.5. The minimum Gasteiger partial charge on any atom is -0.497 e. The third-order valence-electron chi connectivity index (χ3n) is 6.88. The van der Waals surface area contributed by atoms with E-state index >= 15 is 0 Å². The number of carbonyl (C=O) groups excluding carboxylic acids is 2. The molecule has 8 heteroatoms. The van der Waals surface area contributed by atoms with E-state index in [1.54, 1.807) is 12.0 Å². The van der Waals surface area contributed by atoms with Gasteiger partial charge in [0.25, 0.3) is 0 Å². The van der Waals surface area contributed by atoms with E-state index in [9.17, 15) is 9.59 Å². The smallest absolute Gasteiger partial charge is 0.242 e. The molecule has 2 fully saturated rings. The molecule has 1 saturated carbocycles. The molecule has 1 aliphatic carbocycles. The van der Waals surface area contributed by atoms with Gasteiger partial charge >= 0.3 is 0 Å². The molecular formula is C26H35N5O3. The van der Waals surface area contributed by atoms with E-state index in [2.05, 4.69) is 15.1 Å². The summed E-state index contributed by atoms with van der Waals surface area (Å²) in [6.45, 7) is 6.96. The number of hydrogen-bond acceptors (Lipinski definition) is 6. The Morgan fingerprint density at radius 2 is 1.76 bits per heavy atom. The second kappa shape index (κ2) is 10.8. The average molecular weight is 466 g/mol. The summed E-state index contributed by atoms with van der Waals surface area (Å²) in [5, 5.41) is 8.87. The topological polar surface area (TPSA) is 78.9 Å². The van der Waals surface area contributed by atoms with Crippen molar-refractivity contribution in [2.24, 2.45) is 5.92 Å². The lowest BCUT2D eigenvalue weighted by molar-refractivity contribution is -0.146. The van der Waals surface area contributed by atoms with Crippen molar-refractivity contribution in [3.63, 3.8) is 0 Å². The van der Waals surface area contributed by atoms with Crippen LogP contribution in [0, 0.1) is 5.92 Å². The molecule has 0 unspecified atom stereocenters. The van der Waals surface area contributed by atoms with Gasteiger partial charge in [-0.3, -0.25) is 9.59 Å². The zero-order chi connectivity index (χ0) is 24.1. The molecule has 0 atom stereocenters. The molecule has 0 spiro atoms. The molecular weight excluding hydrogens is 430 g/mol. The third-order valence-corrected chi connectivity index (χ3v) is 6.88. The zero-order valence-corrected chi connectivity index (χ0v) is 20.4. The summed E-state index contributed by atoms with van der Waals surface area (Å²) in [6.07, 6.45) is 3.87. The monoisotopic (exact) mass is 465 g/mol. The van der Waals surface area contributed by atoms with E-state index < -0.39 is 0 Å². The number of nitrogens with zero attached hydrogens (tertiary/aromatic N) is 5. The molecule has 0 N–H and O–H groups in total. The van der Waals surface area contributed by atoms with Crippen LogP contribution in [0.1, 0.15) is 39.5 Å². The van der Waals surface area contributed by atoms with Crippen LogP contribution in [0.15, 0.2) is 36.4 Å². The molecule has 2 amide bonds. The molecule has 1 aromatic carbocycles. The predicted molar refractivity (Wildman–Crippen MR) is 132 cm³/mol. The molecule has 4 rings (SSSR count). The fourth-order valence-electron chi connectivity index (χ4n) is 4.46. The number of anilines is 1. The first-order valence-corrected chi connectivity index (χ1v) is 12.3. The van der Waals surface area contributed by atoms with Crippen LogP contribution in [0.5, 0.6) is 5.75 Å².